The molecule has 52 heavy (non-hydrogen) atoms. The Balaban J connectivity index is 1.33. The number of benzene rings is 4. The molecule has 4 aromatic carbocycles. The van der Waals surface area contributed by atoms with Crippen LogP contribution in [0.1, 0.15) is 62.8 Å². The zero-order valence-electron chi connectivity index (χ0n) is 31.4. The van der Waals surface area contributed by atoms with Gasteiger partial charge >= 0.3 is 0 Å². The van der Waals surface area contributed by atoms with Gasteiger partial charge in [0.15, 0.2) is 11.4 Å². The van der Waals surface area contributed by atoms with Crippen LogP contribution in [0.2, 0.25) is 20.1 Å². The third-order valence-corrected chi connectivity index (χ3v) is 12.0. The number of hydrogen-bond donors (Lipinski definition) is 0. The van der Waals surface area contributed by atoms with Crippen molar-refractivity contribution in [1.82, 2.24) is 0 Å². The maximum absolute atomic E-state index is 6.65. The van der Waals surface area contributed by atoms with E-state index in [1.54, 1.807) is 0 Å². The standard InChI is InChI=1S/C44H48Cl4N4/c1-43(2)33-25-35(45)37(47)27-39(33)51(41(43)19-17-29-13-11-15-31(23-29)49(5)6)21-9-10-22-52-40-28-38(48)36(46)26-34(40)44(3,4)42(52)20-18-30-14-12-16-32(24-30)50(7)8/h11-20,23-28H,9-10,21-22H2,1-8H3/q+2/b19-17+,20-18+. The van der Waals surface area contributed by atoms with Crippen LogP contribution in [0, 0.1) is 0 Å². The smallest absolute Gasteiger partial charge is 0.211 e. The lowest BCUT2D eigenvalue weighted by molar-refractivity contribution is -0.451. The lowest BCUT2D eigenvalue weighted by atomic mass is 9.81. The Morgan fingerprint density at radius 3 is 1.25 bits per heavy atom. The number of unbranched alkanes of at least 4 members (excludes halogenated alkanes) is 1. The monoisotopic (exact) mass is 772 g/mol. The molecule has 0 aromatic heterocycles. The van der Waals surface area contributed by atoms with Gasteiger partial charge in [-0.2, -0.15) is 9.15 Å². The molecule has 0 N–H and O–H groups in total. The molecule has 0 saturated heterocycles. The van der Waals surface area contributed by atoms with E-state index >= 15 is 0 Å². The highest BCUT2D eigenvalue weighted by molar-refractivity contribution is 6.42. The van der Waals surface area contributed by atoms with Crippen molar-refractivity contribution in [2.75, 3.05) is 51.1 Å². The molecule has 0 aliphatic carbocycles. The van der Waals surface area contributed by atoms with Crippen LogP contribution in [0.15, 0.2) is 84.9 Å². The molecule has 6 rings (SSSR count). The lowest BCUT2D eigenvalue weighted by Crippen LogP contribution is -2.28. The maximum atomic E-state index is 6.65. The van der Waals surface area contributed by atoms with Crippen LogP contribution in [0.5, 0.6) is 0 Å². The summed E-state index contributed by atoms with van der Waals surface area (Å²) >= 11 is 26.5. The van der Waals surface area contributed by atoms with Crippen molar-refractivity contribution in [3.8, 4) is 0 Å². The van der Waals surface area contributed by atoms with Gasteiger partial charge in [-0.15, -0.1) is 0 Å². The van der Waals surface area contributed by atoms with Crippen LogP contribution >= 0.6 is 46.4 Å². The normalized spacial score (nSPS) is 16.0. The molecular weight excluding hydrogens is 726 g/mol. The number of hydrogen-bond acceptors (Lipinski definition) is 2. The van der Waals surface area contributed by atoms with Crippen LogP contribution in [-0.2, 0) is 10.8 Å². The second-order valence-electron chi connectivity index (χ2n) is 15.2. The fourth-order valence-corrected chi connectivity index (χ4v) is 8.16. The molecule has 8 heteroatoms. The van der Waals surface area contributed by atoms with E-state index in [2.05, 4.69) is 148 Å². The van der Waals surface area contributed by atoms with E-state index in [1.165, 1.54) is 33.9 Å². The predicted octanol–water partition coefficient (Wildman–Crippen LogP) is 12.1. The SMILES string of the molecule is CN(C)c1cccc(/C=C/C2=[N+](CCCC[N+]3=C(/C=C/c4cccc(N(C)C)c4)C(C)(C)c4cc(Cl)c(Cl)cc43)c3cc(Cl)c(Cl)cc3C2(C)C)c1. The van der Waals surface area contributed by atoms with Gasteiger partial charge in [0.2, 0.25) is 11.4 Å². The van der Waals surface area contributed by atoms with Crippen LogP contribution in [0.4, 0.5) is 22.7 Å². The highest BCUT2D eigenvalue weighted by atomic mass is 35.5. The predicted molar refractivity (Wildman–Crippen MR) is 227 cm³/mol. The van der Waals surface area contributed by atoms with Crippen LogP contribution < -0.4 is 9.80 Å². The molecule has 0 unspecified atom stereocenters. The fraction of sp³-hybridized carbons (Fsp3) is 0.318. The van der Waals surface area contributed by atoms with E-state index in [1.807, 2.05) is 24.3 Å². The highest BCUT2D eigenvalue weighted by Crippen LogP contribution is 2.46. The second kappa shape index (κ2) is 15.1. The molecule has 4 aromatic rings. The molecule has 2 heterocycles. The second-order valence-corrected chi connectivity index (χ2v) is 16.9. The van der Waals surface area contributed by atoms with Crippen molar-refractivity contribution < 1.29 is 9.15 Å². The van der Waals surface area contributed by atoms with Gasteiger partial charge < -0.3 is 9.80 Å². The molecule has 0 saturated carbocycles. The van der Waals surface area contributed by atoms with E-state index in [4.69, 9.17) is 46.4 Å². The minimum atomic E-state index is -0.261. The van der Waals surface area contributed by atoms with Gasteiger partial charge in [-0.3, -0.25) is 0 Å². The Morgan fingerprint density at radius 1 is 0.519 bits per heavy atom. The molecule has 0 amide bonds. The van der Waals surface area contributed by atoms with Gasteiger partial charge in [-0.25, -0.2) is 0 Å². The molecule has 0 atom stereocenters. The van der Waals surface area contributed by atoms with Crippen molar-refractivity contribution in [3.63, 3.8) is 0 Å². The average molecular weight is 775 g/mol. The Morgan fingerprint density at radius 2 is 0.885 bits per heavy atom. The first kappa shape index (κ1) is 38.2. The first-order valence-electron chi connectivity index (χ1n) is 17.8. The average Bonchev–Trinajstić information content (AvgIpc) is 3.42. The molecule has 0 fully saturated rings. The largest absolute Gasteiger partial charge is 0.378 e. The summed E-state index contributed by atoms with van der Waals surface area (Å²) in [6, 6.07) is 25.3. The van der Waals surface area contributed by atoms with Gasteiger partial charge in [0, 0.05) is 87.8 Å². The maximum Gasteiger partial charge on any atom is 0.211 e. The van der Waals surface area contributed by atoms with Gasteiger partial charge in [-0.1, -0.05) is 70.7 Å². The third kappa shape index (κ3) is 7.46. The van der Waals surface area contributed by atoms with Crippen molar-refractivity contribution in [2.45, 2.75) is 51.4 Å². The number of rotatable bonds is 11. The van der Waals surface area contributed by atoms with Gasteiger partial charge in [0.1, 0.15) is 13.1 Å². The molecule has 4 nitrogen and oxygen atoms in total. The zero-order chi connectivity index (χ0) is 37.5. The van der Waals surface area contributed by atoms with E-state index in [-0.39, 0.29) is 10.8 Å². The summed E-state index contributed by atoms with van der Waals surface area (Å²) in [7, 11) is 8.26. The number of nitrogens with zero attached hydrogens (tertiary/aromatic N) is 4. The fourth-order valence-electron chi connectivity index (χ4n) is 7.51. The number of anilines is 2. The Kier molecular flexibility index (Phi) is 11.1. The summed E-state index contributed by atoms with van der Waals surface area (Å²) in [5.41, 5.74) is 11.2. The molecule has 2 aliphatic rings. The summed E-state index contributed by atoms with van der Waals surface area (Å²) in [5, 5.41) is 2.30. The Bertz CT molecular complexity index is 2000. The van der Waals surface area contributed by atoms with Crippen molar-refractivity contribution in [3.05, 3.63) is 127 Å². The molecule has 0 radical (unpaired) electrons. The van der Waals surface area contributed by atoms with Crippen LogP contribution in [-0.4, -0.2) is 61.9 Å². The summed E-state index contributed by atoms with van der Waals surface area (Å²) in [5.74, 6) is 0. The highest BCUT2D eigenvalue weighted by Gasteiger charge is 2.46. The number of fused-ring (bicyclic) bond motifs is 2. The Hall–Kier alpha value is -3.54. The van der Waals surface area contributed by atoms with Gasteiger partial charge in [0.05, 0.1) is 30.9 Å². The van der Waals surface area contributed by atoms with E-state index < -0.39 is 0 Å². The van der Waals surface area contributed by atoms with E-state index in [9.17, 15) is 0 Å². The van der Waals surface area contributed by atoms with Gasteiger partial charge in [0.25, 0.3) is 0 Å². The van der Waals surface area contributed by atoms with E-state index in [0.29, 0.717) is 20.1 Å². The molecule has 0 bridgehead atoms. The lowest BCUT2D eigenvalue weighted by Gasteiger charge is -2.16. The quantitative estimate of drug-likeness (QED) is 0.111. The molecular formula is C44H48Cl4N4+2. The zero-order valence-corrected chi connectivity index (χ0v) is 34.4. The van der Waals surface area contributed by atoms with Crippen LogP contribution in [0.3, 0.4) is 0 Å². The topological polar surface area (TPSA) is 12.5 Å². The molecule has 0 spiro atoms. The summed E-state index contributed by atoms with van der Waals surface area (Å²) in [4.78, 5) is 4.25. The third-order valence-electron chi connectivity index (χ3n) is 10.5. The van der Waals surface area contributed by atoms with Crippen molar-refractivity contribution in [2.24, 2.45) is 0 Å². The minimum absolute atomic E-state index is 0.261. The first-order chi connectivity index (χ1) is 24.6. The summed E-state index contributed by atoms with van der Waals surface area (Å²) in [6.45, 7) is 10.7. The van der Waals surface area contributed by atoms with E-state index in [0.717, 1.165) is 48.4 Å². The van der Waals surface area contributed by atoms with Crippen LogP contribution in [0.25, 0.3) is 12.2 Å². The summed E-state index contributed by atoms with van der Waals surface area (Å²) in [6.07, 6.45) is 10.9. The Labute approximate surface area is 329 Å². The number of halogens is 4. The van der Waals surface area contributed by atoms with Crippen molar-refractivity contribution >= 4 is 92.7 Å². The molecule has 2 aliphatic heterocycles. The minimum Gasteiger partial charge on any atom is -0.378 e. The summed E-state index contributed by atoms with van der Waals surface area (Å²) < 4.78 is 4.87. The van der Waals surface area contributed by atoms with Gasteiger partial charge in [-0.05, 0) is 87.4 Å². The number of allylic oxidation sites excluding steroid dienone is 2. The first-order valence-corrected chi connectivity index (χ1v) is 19.3. The molecule has 270 valence electrons. The van der Waals surface area contributed by atoms with Crippen molar-refractivity contribution in [1.29, 1.82) is 0 Å².